The van der Waals surface area contributed by atoms with Crippen LogP contribution in [-0.4, -0.2) is 21.1 Å². The van der Waals surface area contributed by atoms with E-state index in [-0.39, 0.29) is 11.2 Å². The molecule has 0 spiro atoms. The molecule has 1 N–H and O–H groups in total. The molecule has 1 atom stereocenters. The van der Waals surface area contributed by atoms with Gasteiger partial charge in [0.1, 0.15) is 16.2 Å². The monoisotopic (exact) mass is 393 g/mol. The van der Waals surface area contributed by atoms with Gasteiger partial charge in [-0.15, -0.1) is 11.3 Å². The largest absolute Gasteiger partial charge is 0.325 e. The first-order valence-electron chi connectivity index (χ1n) is 6.55. The Morgan fingerprint density at radius 1 is 1.27 bits per heavy atom. The average Bonchev–Trinajstić information content (AvgIpc) is 2.99. The molecule has 7 heteroatoms. The quantitative estimate of drug-likeness (QED) is 0.520. The number of carbonyl (C=O) groups excluding carboxylic acids is 1. The number of hydrogen-bond acceptors (Lipinski definition) is 5. The third-order valence-electron chi connectivity index (χ3n) is 2.99. The first-order valence-corrected chi connectivity index (χ1v) is 9.10. The number of nitrogens with zero attached hydrogens (tertiary/aromatic N) is 2. The Hall–Kier alpha value is -1.44. The lowest BCUT2D eigenvalue weighted by Crippen LogP contribution is -2.22. The predicted octanol–water partition coefficient (Wildman–Crippen LogP) is 4.57. The highest BCUT2D eigenvalue weighted by molar-refractivity contribution is 9.10. The molecule has 3 aromatic rings. The van der Waals surface area contributed by atoms with Gasteiger partial charge in [0.05, 0.1) is 5.25 Å². The Kier molecular flexibility index (Phi) is 4.75. The van der Waals surface area contributed by atoms with E-state index in [9.17, 15) is 4.79 Å². The first kappa shape index (κ1) is 15.5. The highest BCUT2D eigenvalue weighted by Crippen LogP contribution is 2.30. The smallest absolute Gasteiger partial charge is 0.237 e. The fourth-order valence-corrected chi connectivity index (χ4v) is 3.82. The number of fused-ring (bicyclic) bond motifs is 1. The van der Waals surface area contributed by atoms with Crippen LogP contribution in [0.25, 0.3) is 10.2 Å². The molecule has 0 radical (unpaired) electrons. The van der Waals surface area contributed by atoms with E-state index in [1.165, 1.54) is 11.8 Å². The third kappa shape index (κ3) is 3.48. The summed E-state index contributed by atoms with van der Waals surface area (Å²) in [4.78, 5) is 21.7. The first-order chi connectivity index (χ1) is 10.6. The lowest BCUT2D eigenvalue weighted by molar-refractivity contribution is -0.115. The van der Waals surface area contributed by atoms with Gasteiger partial charge in [0.2, 0.25) is 5.91 Å². The minimum atomic E-state index is -0.248. The van der Waals surface area contributed by atoms with Crippen molar-refractivity contribution in [3.05, 3.63) is 46.5 Å². The van der Waals surface area contributed by atoms with Crippen LogP contribution in [-0.2, 0) is 4.79 Å². The average molecular weight is 394 g/mol. The Bertz CT molecular complexity index is 804. The molecule has 3 rings (SSSR count). The second-order valence-corrected chi connectivity index (χ2v) is 7.71. The number of benzene rings is 1. The summed E-state index contributed by atoms with van der Waals surface area (Å²) in [6.45, 7) is 1.87. The molecular formula is C15H12BrN3OS2. The summed E-state index contributed by atoms with van der Waals surface area (Å²) in [6, 6.07) is 9.50. The van der Waals surface area contributed by atoms with Crippen LogP contribution in [0.5, 0.6) is 0 Å². The molecule has 1 aromatic carbocycles. The van der Waals surface area contributed by atoms with E-state index in [4.69, 9.17) is 0 Å². The Morgan fingerprint density at radius 3 is 2.82 bits per heavy atom. The molecule has 4 nitrogen and oxygen atoms in total. The summed E-state index contributed by atoms with van der Waals surface area (Å²) in [7, 11) is 0. The predicted molar refractivity (Wildman–Crippen MR) is 95.5 cm³/mol. The summed E-state index contributed by atoms with van der Waals surface area (Å²) in [5, 5.41) is 6.48. The fourth-order valence-electron chi connectivity index (χ4n) is 1.86. The van der Waals surface area contributed by atoms with Crippen LogP contribution < -0.4 is 5.32 Å². The van der Waals surface area contributed by atoms with E-state index in [2.05, 4.69) is 31.2 Å². The number of thiophene rings is 1. The summed E-state index contributed by atoms with van der Waals surface area (Å²) < 4.78 is 0.980. The van der Waals surface area contributed by atoms with E-state index in [1.807, 2.05) is 42.6 Å². The zero-order chi connectivity index (χ0) is 15.5. The van der Waals surface area contributed by atoms with E-state index in [1.54, 1.807) is 17.7 Å². The molecule has 0 aliphatic heterocycles. The summed E-state index contributed by atoms with van der Waals surface area (Å²) in [5.41, 5.74) is 0.781. The molecule has 22 heavy (non-hydrogen) atoms. The van der Waals surface area contributed by atoms with Gasteiger partial charge in [-0.05, 0) is 42.6 Å². The van der Waals surface area contributed by atoms with E-state index in [0.29, 0.717) is 0 Å². The zero-order valence-electron chi connectivity index (χ0n) is 11.6. The second-order valence-electron chi connectivity index (χ2n) is 4.57. The molecule has 0 saturated heterocycles. The number of hydrogen-bond donors (Lipinski definition) is 1. The number of rotatable bonds is 4. The topological polar surface area (TPSA) is 54.9 Å². The maximum atomic E-state index is 12.3. The zero-order valence-corrected chi connectivity index (χ0v) is 14.8. The molecule has 2 aromatic heterocycles. The number of amides is 1. The number of aromatic nitrogens is 2. The molecular weight excluding hydrogens is 382 g/mol. The molecule has 1 unspecified atom stereocenters. The normalized spacial score (nSPS) is 12.3. The summed E-state index contributed by atoms with van der Waals surface area (Å²) in [6.07, 6.45) is 1.54. The number of anilines is 1. The lowest BCUT2D eigenvalue weighted by Gasteiger charge is -2.12. The minimum absolute atomic E-state index is 0.0469. The van der Waals surface area contributed by atoms with Gasteiger partial charge in [-0.2, -0.15) is 0 Å². The molecule has 112 valence electrons. The van der Waals surface area contributed by atoms with Crippen molar-refractivity contribution in [3.8, 4) is 0 Å². The number of thioether (sulfide) groups is 1. The van der Waals surface area contributed by atoms with Gasteiger partial charge in [-0.1, -0.05) is 27.7 Å². The summed E-state index contributed by atoms with van der Waals surface area (Å²) in [5.74, 6) is -0.0469. The van der Waals surface area contributed by atoms with Gasteiger partial charge >= 0.3 is 0 Å². The molecule has 2 heterocycles. The van der Waals surface area contributed by atoms with Gasteiger partial charge in [0, 0.05) is 15.5 Å². The minimum Gasteiger partial charge on any atom is -0.325 e. The fraction of sp³-hybridized carbons (Fsp3) is 0.133. The van der Waals surface area contributed by atoms with Crippen LogP contribution in [0.2, 0.25) is 0 Å². The van der Waals surface area contributed by atoms with Crippen molar-refractivity contribution < 1.29 is 4.79 Å². The Labute approximate surface area is 144 Å². The molecule has 0 aliphatic carbocycles. The SMILES string of the molecule is CC(Sc1ncnc2sccc12)C(=O)Nc1ccc(Br)cc1. The van der Waals surface area contributed by atoms with Crippen LogP contribution in [0.1, 0.15) is 6.92 Å². The molecule has 0 saturated carbocycles. The van der Waals surface area contributed by atoms with Gasteiger partial charge in [-0.25, -0.2) is 9.97 Å². The van der Waals surface area contributed by atoms with Crippen molar-refractivity contribution in [2.45, 2.75) is 17.2 Å². The molecule has 0 aliphatic rings. The van der Waals surface area contributed by atoms with Gasteiger partial charge in [-0.3, -0.25) is 4.79 Å². The van der Waals surface area contributed by atoms with Crippen molar-refractivity contribution >= 4 is 60.8 Å². The van der Waals surface area contributed by atoms with Gasteiger partial charge < -0.3 is 5.32 Å². The molecule has 0 bridgehead atoms. The van der Waals surface area contributed by atoms with Crippen molar-refractivity contribution in [2.75, 3.05) is 5.32 Å². The number of nitrogens with one attached hydrogen (secondary N) is 1. The van der Waals surface area contributed by atoms with Crippen molar-refractivity contribution in [2.24, 2.45) is 0 Å². The molecule has 1 amide bonds. The maximum absolute atomic E-state index is 12.3. The maximum Gasteiger partial charge on any atom is 0.237 e. The Morgan fingerprint density at radius 2 is 2.05 bits per heavy atom. The standard InChI is InChI=1S/C15H12BrN3OS2/c1-9(13(20)19-11-4-2-10(16)3-5-11)22-15-12-6-7-21-14(12)17-8-18-15/h2-9H,1H3,(H,19,20). The van der Waals surface area contributed by atoms with Gasteiger partial charge in [0.15, 0.2) is 0 Å². The lowest BCUT2D eigenvalue weighted by atomic mass is 10.3. The third-order valence-corrected chi connectivity index (χ3v) is 5.46. The molecule has 0 fully saturated rings. The number of carbonyl (C=O) groups is 1. The van der Waals surface area contributed by atoms with Crippen LogP contribution in [0.4, 0.5) is 5.69 Å². The van der Waals surface area contributed by atoms with Crippen LogP contribution in [0, 0.1) is 0 Å². The summed E-state index contributed by atoms with van der Waals surface area (Å²) >= 11 is 6.39. The van der Waals surface area contributed by atoms with Crippen molar-refractivity contribution in [1.82, 2.24) is 9.97 Å². The van der Waals surface area contributed by atoms with E-state index < -0.39 is 0 Å². The highest BCUT2D eigenvalue weighted by atomic mass is 79.9. The van der Waals surface area contributed by atoms with Crippen molar-refractivity contribution in [3.63, 3.8) is 0 Å². The van der Waals surface area contributed by atoms with Gasteiger partial charge in [0.25, 0.3) is 0 Å². The van der Waals surface area contributed by atoms with E-state index >= 15 is 0 Å². The highest BCUT2D eigenvalue weighted by Gasteiger charge is 2.17. The van der Waals surface area contributed by atoms with Crippen LogP contribution in [0.15, 0.2) is 51.5 Å². The van der Waals surface area contributed by atoms with Crippen LogP contribution in [0.3, 0.4) is 0 Å². The number of halogens is 1. The van der Waals surface area contributed by atoms with Crippen molar-refractivity contribution in [1.29, 1.82) is 0 Å². The Balaban J connectivity index is 1.71. The van der Waals surface area contributed by atoms with Crippen LogP contribution >= 0.6 is 39.0 Å². The van der Waals surface area contributed by atoms with E-state index in [0.717, 1.165) is 25.4 Å². The second kappa shape index (κ2) is 6.76.